The number of hydrogen-bond acceptors (Lipinski definition) is 8. The van der Waals surface area contributed by atoms with Crippen LogP contribution in [-0.2, 0) is 16.0 Å². The van der Waals surface area contributed by atoms with Crippen LogP contribution in [0.1, 0.15) is 33.3 Å². The Labute approximate surface area is 231 Å². The maximum atomic E-state index is 13.8. The lowest BCUT2D eigenvalue weighted by atomic mass is 10.0. The minimum absolute atomic E-state index is 0.0495. The molecule has 0 fully saturated rings. The molecule has 0 aliphatic carbocycles. The van der Waals surface area contributed by atoms with Gasteiger partial charge in [0.25, 0.3) is 5.91 Å². The fourth-order valence-electron chi connectivity index (χ4n) is 4.86. The minimum Gasteiger partial charge on any atom is -0.497 e. The van der Waals surface area contributed by atoms with Crippen LogP contribution in [0.2, 0.25) is 0 Å². The van der Waals surface area contributed by atoms with E-state index in [-0.39, 0.29) is 31.2 Å². The predicted octanol–water partition coefficient (Wildman–Crippen LogP) is 4.17. The monoisotopic (exact) mass is 552 g/mol. The topological polar surface area (TPSA) is 86.8 Å². The fourth-order valence-corrected chi connectivity index (χ4v) is 5.79. The van der Waals surface area contributed by atoms with Crippen LogP contribution in [-0.4, -0.2) is 75.5 Å². The first-order valence-corrected chi connectivity index (χ1v) is 13.8. The predicted molar refractivity (Wildman–Crippen MR) is 146 cm³/mol. The third-order valence-corrected chi connectivity index (χ3v) is 7.87. The van der Waals surface area contributed by atoms with Gasteiger partial charge in [0.1, 0.15) is 24.7 Å². The first kappa shape index (κ1) is 26.8. The van der Waals surface area contributed by atoms with E-state index in [1.54, 1.807) is 48.7 Å². The van der Waals surface area contributed by atoms with Crippen LogP contribution in [0.4, 0.5) is 0 Å². The van der Waals surface area contributed by atoms with Gasteiger partial charge in [0.05, 0.1) is 13.2 Å². The molecule has 0 unspecified atom stereocenters. The second kappa shape index (κ2) is 12.4. The number of nitrogens with zero attached hydrogens (tertiary/aromatic N) is 2. The number of fused-ring (bicyclic) bond motifs is 2. The highest BCUT2D eigenvalue weighted by Crippen LogP contribution is 2.35. The molecule has 5 rings (SSSR count). The summed E-state index contributed by atoms with van der Waals surface area (Å²) >= 11 is 1.70. The maximum absolute atomic E-state index is 13.8. The van der Waals surface area contributed by atoms with Gasteiger partial charge in [0.2, 0.25) is 12.7 Å². The summed E-state index contributed by atoms with van der Waals surface area (Å²) in [6.07, 6.45) is 1.38. The van der Waals surface area contributed by atoms with Gasteiger partial charge in [-0.1, -0.05) is 6.07 Å². The lowest BCUT2D eigenvalue weighted by Gasteiger charge is -2.37. The number of carbonyl (C=O) groups excluding carboxylic acids is 2. The summed E-state index contributed by atoms with van der Waals surface area (Å²) in [6, 6.07) is 14.3. The van der Waals surface area contributed by atoms with E-state index in [4.69, 9.17) is 23.7 Å². The number of carbonyl (C=O) groups is 2. The highest BCUT2D eigenvalue weighted by molar-refractivity contribution is 7.10. The summed E-state index contributed by atoms with van der Waals surface area (Å²) < 4.78 is 27.5. The van der Waals surface area contributed by atoms with Crippen molar-refractivity contribution in [3.63, 3.8) is 0 Å². The molecule has 0 spiro atoms. The number of hydrogen-bond donors (Lipinski definition) is 0. The molecule has 2 aromatic carbocycles. The van der Waals surface area contributed by atoms with Crippen LogP contribution in [0.25, 0.3) is 0 Å². The molecule has 206 valence electrons. The lowest BCUT2D eigenvalue weighted by molar-refractivity contribution is -0.135. The molecule has 0 bridgehead atoms. The number of ether oxygens (including phenoxy) is 5. The lowest BCUT2D eigenvalue weighted by Crippen LogP contribution is -2.48. The molecule has 1 aromatic heterocycles. The van der Waals surface area contributed by atoms with Crippen molar-refractivity contribution < 1.29 is 33.3 Å². The Morgan fingerprint density at radius 1 is 1.08 bits per heavy atom. The van der Waals surface area contributed by atoms with Gasteiger partial charge in [-0.15, -0.1) is 11.3 Å². The van der Waals surface area contributed by atoms with Crippen molar-refractivity contribution in [1.82, 2.24) is 9.80 Å². The van der Waals surface area contributed by atoms with Crippen molar-refractivity contribution in [3.8, 4) is 23.0 Å². The van der Waals surface area contributed by atoms with Gasteiger partial charge in [-0.3, -0.25) is 9.59 Å². The maximum Gasteiger partial charge on any atom is 0.254 e. The number of benzene rings is 2. The fraction of sp³-hybridized carbons (Fsp3) is 0.379. The zero-order valence-electron chi connectivity index (χ0n) is 22.1. The van der Waals surface area contributed by atoms with Crippen LogP contribution in [0.15, 0.2) is 53.9 Å². The molecule has 0 saturated carbocycles. The summed E-state index contributed by atoms with van der Waals surface area (Å²) in [5.41, 5.74) is 1.54. The van der Waals surface area contributed by atoms with Crippen molar-refractivity contribution in [2.24, 2.45) is 0 Å². The molecule has 39 heavy (non-hydrogen) atoms. The molecule has 2 amide bonds. The van der Waals surface area contributed by atoms with E-state index >= 15 is 0 Å². The first-order valence-electron chi connectivity index (χ1n) is 12.9. The molecule has 10 heteroatoms. The summed E-state index contributed by atoms with van der Waals surface area (Å²) in [5.74, 6) is 2.14. The van der Waals surface area contributed by atoms with Crippen LogP contribution in [0.5, 0.6) is 23.0 Å². The highest BCUT2D eigenvalue weighted by Gasteiger charge is 2.34. The van der Waals surface area contributed by atoms with Crippen molar-refractivity contribution in [1.29, 1.82) is 0 Å². The van der Waals surface area contributed by atoms with E-state index in [0.717, 1.165) is 12.0 Å². The van der Waals surface area contributed by atoms with Crippen LogP contribution >= 0.6 is 11.3 Å². The second-order valence-corrected chi connectivity index (χ2v) is 10.3. The average molecular weight is 553 g/mol. The largest absolute Gasteiger partial charge is 0.497 e. The molecule has 0 radical (unpaired) electrons. The van der Waals surface area contributed by atoms with Crippen LogP contribution in [0, 0.1) is 0 Å². The van der Waals surface area contributed by atoms with Gasteiger partial charge >= 0.3 is 0 Å². The van der Waals surface area contributed by atoms with Gasteiger partial charge in [-0.2, -0.15) is 0 Å². The molecular weight excluding hydrogens is 520 g/mol. The minimum atomic E-state index is -0.264. The normalized spacial score (nSPS) is 15.5. The quantitative estimate of drug-likeness (QED) is 0.330. The molecule has 0 N–H and O–H groups in total. The Balaban J connectivity index is 1.33. The van der Waals surface area contributed by atoms with Crippen molar-refractivity contribution in [3.05, 3.63) is 69.9 Å². The van der Waals surface area contributed by atoms with E-state index in [0.29, 0.717) is 61.3 Å². The molecular formula is C29H32N2O7S. The van der Waals surface area contributed by atoms with Gasteiger partial charge in [0.15, 0.2) is 11.5 Å². The van der Waals surface area contributed by atoms with E-state index in [2.05, 4.69) is 11.4 Å². The Morgan fingerprint density at radius 2 is 1.92 bits per heavy atom. The first-order chi connectivity index (χ1) is 19.1. The Bertz CT molecular complexity index is 1310. The molecule has 2 aliphatic heterocycles. The summed E-state index contributed by atoms with van der Waals surface area (Å²) in [4.78, 5) is 32.0. The zero-order valence-corrected chi connectivity index (χ0v) is 22.9. The summed E-state index contributed by atoms with van der Waals surface area (Å²) in [6.45, 7) is 1.80. The standard InChI is InChI=1S/C29H32N2O7S/c1-34-13-4-11-30(29(33)20-7-8-25-26(15-20)38-19-37-25)17-28(32)31-12-9-27-23(10-14-39-27)24(31)18-36-22-6-3-5-21(16-22)35-2/h3,5-8,10,14-16,24H,4,9,11-13,17-19H2,1-2H3/t24-/m0/s1. The Hall–Kier alpha value is -3.76. The van der Waals surface area contributed by atoms with Gasteiger partial charge in [-0.05, 0) is 60.2 Å². The Kier molecular flexibility index (Phi) is 8.53. The second-order valence-electron chi connectivity index (χ2n) is 9.28. The van der Waals surface area contributed by atoms with Crippen LogP contribution in [0.3, 0.4) is 0 Å². The number of rotatable bonds is 11. The number of methoxy groups -OCH3 is 2. The van der Waals surface area contributed by atoms with Gasteiger partial charge in [0, 0.05) is 43.3 Å². The molecule has 0 saturated heterocycles. The van der Waals surface area contributed by atoms with Gasteiger partial charge < -0.3 is 33.5 Å². The number of amides is 2. The smallest absolute Gasteiger partial charge is 0.254 e. The third-order valence-electron chi connectivity index (χ3n) is 6.87. The summed E-state index contributed by atoms with van der Waals surface area (Å²) in [7, 11) is 3.23. The molecule has 9 nitrogen and oxygen atoms in total. The van der Waals surface area contributed by atoms with Gasteiger partial charge in [-0.25, -0.2) is 0 Å². The molecule has 2 aliphatic rings. The highest BCUT2D eigenvalue weighted by atomic mass is 32.1. The van der Waals surface area contributed by atoms with E-state index < -0.39 is 0 Å². The summed E-state index contributed by atoms with van der Waals surface area (Å²) in [5, 5.41) is 2.05. The molecule has 3 heterocycles. The van der Waals surface area contributed by atoms with E-state index in [1.165, 1.54) is 4.88 Å². The van der Waals surface area contributed by atoms with E-state index in [1.807, 2.05) is 29.2 Å². The van der Waals surface area contributed by atoms with E-state index in [9.17, 15) is 9.59 Å². The van der Waals surface area contributed by atoms with Crippen LogP contribution < -0.4 is 18.9 Å². The Morgan fingerprint density at radius 3 is 2.77 bits per heavy atom. The molecule has 1 atom stereocenters. The third kappa shape index (κ3) is 6.12. The average Bonchev–Trinajstić information content (AvgIpc) is 3.64. The molecule has 3 aromatic rings. The number of thiophene rings is 1. The van der Waals surface area contributed by atoms with Crippen molar-refractivity contribution in [2.45, 2.75) is 18.9 Å². The van der Waals surface area contributed by atoms with Crippen molar-refractivity contribution in [2.75, 3.05) is 53.9 Å². The SMILES string of the molecule is COCCCN(CC(=O)N1CCc2sccc2[C@@H]1COc1cccc(OC)c1)C(=O)c1ccc2c(c1)OCO2. The van der Waals surface area contributed by atoms with Crippen molar-refractivity contribution >= 4 is 23.2 Å². The zero-order chi connectivity index (χ0) is 27.2.